The monoisotopic (exact) mass is 235 g/mol. The van der Waals surface area contributed by atoms with Crippen LogP contribution in [0.15, 0.2) is 24.3 Å². The van der Waals surface area contributed by atoms with Gasteiger partial charge in [0.05, 0.1) is 12.7 Å². The van der Waals surface area contributed by atoms with Crippen molar-refractivity contribution in [2.45, 2.75) is 45.1 Å². The maximum atomic E-state index is 9.05. The van der Waals surface area contributed by atoms with Crippen molar-refractivity contribution in [3.63, 3.8) is 0 Å². The van der Waals surface area contributed by atoms with E-state index in [4.69, 9.17) is 9.84 Å². The molecule has 3 nitrogen and oxygen atoms in total. The molecule has 17 heavy (non-hydrogen) atoms. The molecule has 0 radical (unpaired) electrons. The van der Waals surface area contributed by atoms with Gasteiger partial charge in [0.15, 0.2) is 0 Å². The summed E-state index contributed by atoms with van der Waals surface area (Å²) in [4.78, 5) is 0. The highest BCUT2D eigenvalue weighted by molar-refractivity contribution is 5.22. The van der Waals surface area contributed by atoms with Gasteiger partial charge in [0.1, 0.15) is 0 Å². The van der Waals surface area contributed by atoms with Crippen molar-refractivity contribution in [3.8, 4) is 0 Å². The second-order valence-electron chi connectivity index (χ2n) is 4.60. The quantitative estimate of drug-likeness (QED) is 0.790. The van der Waals surface area contributed by atoms with E-state index >= 15 is 0 Å². The van der Waals surface area contributed by atoms with Crippen LogP contribution in [0.4, 0.5) is 0 Å². The first-order valence-corrected chi connectivity index (χ1v) is 6.35. The molecule has 0 heterocycles. The lowest BCUT2D eigenvalue weighted by atomic mass is 9.89. The Kier molecular flexibility index (Phi) is 4.54. The Balaban J connectivity index is 1.72. The Morgan fingerprint density at radius 2 is 2.12 bits per heavy atom. The molecule has 0 atom stereocenters. The summed E-state index contributed by atoms with van der Waals surface area (Å²) in [7, 11) is 0. The first-order chi connectivity index (χ1) is 8.31. The third-order valence-electron chi connectivity index (χ3n) is 3.27. The van der Waals surface area contributed by atoms with Crippen LogP contribution in [0.25, 0.3) is 0 Å². The Morgan fingerprint density at radius 3 is 2.82 bits per heavy atom. The molecule has 0 amide bonds. The fourth-order valence-corrected chi connectivity index (χ4v) is 2.20. The van der Waals surface area contributed by atoms with E-state index in [1.165, 1.54) is 5.56 Å². The standard InChI is InChI=1S/C14H21NO2/c1-2-17-14-7-13(8-14)15-9-11-4-3-5-12(6-11)10-16/h3-6,13-16H,2,7-10H2,1H3. The van der Waals surface area contributed by atoms with Crippen molar-refractivity contribution in [2.24, 2.45) is 0 Å². The van der Waals surface area contributed by atoms with Gasteiger partial charge in [-0.15, -0.1) is 0 Å². The zero-order valence-corrected chi connectivity index (χ0v) is 10.4. The molecule has 0 unspecified atom stereocenters. The van der Waals surface area contributed by atoms with Crippen LogP contribution in [0.2, 0.25) is 0 Å². The highest BCUT2D eigenvalue weighted by Crippen LogP contribution is 2.23. The Bertz CT molecular complexity index is 348. The number of nitrogens with one attached hydrogen (secondary N) is 1. The van der Waals surface area contributed by atoms with Gasteiger partial charge in [-0.05, 0) is 30.9 Å². The van der Waals surface area contributed by atoms with Crippen LogP contribution in [0.5, 0.6) is 0 Å². The summed E-state index contributed by atoms with van der Waals surface area (Å²) in [5.74, 6) is 0. The van der Waals surface area contributed by atoms with Crippen molar-refractivity contribution >= 4 is 0 Å². The van der Waals surface area contributed by atoms with Gasteiger partial charge in [0, 0.05) is 19.2 Å². The number of rotatable bonds is 6. The van der Waals surface area contributed by atoms with Crippen LogP contribution in [-0.4, -0.2) is 23.9 Å². The molecule has 94 valence electrons. The molecule has 3 heteroatoms. The van der Waals surface area contributed by atoms with E-state index in [1.807, 2.05) is 25.1 Å². The Morgan fingerprint density at radius 1 is 1.35 bits per heavy atom. The van der Waals surface area contributed by atoms with Crippen molar-refractivity contribution in [3.05, 3.63) is 35.4 Å². The van der Waals surface area contributed by atoms with Gasteiger partial charge in [-0.2, -0.15) is 0 Å². The maximum Gasteiger partial charge on any atom is 0.0681 e. The molecular formula is C14H21NO2. The van der Waals surface area contributed by atoms with Crippen LogP contribution >= 0.6 is 0 Å². The summed E-state index contributed by atoms with van der Waals surface area (Å²) in [5.41, 5.74) is 2.21. The summed E-state index contributed by atoms with van der Waals surface area (Å²) >= 11 is 0. The predicted octanol–water partition coefficient (Wildman–Crippen LogP) is 1.84. The van der Waals surface area contributed by atoms with Gasteiger partial charge < -0.3 is 15.2 Å². The van der Waals surface area contributed by atoms with Gasteiger partial charge in [-0.25, -0.2) is 0 Å². The van der Waals surface area contributed by atoms with Crippen LogP contribution in [-0.2, 0) is 17.9 Å². The topological polar surface area (TPSA) is 41.5 Å². The van der Waals surface area contributed by atoms with Crippen molar-refractivity contribution < 1.29 is 9.84 Å². The molecular weight excluding hydrogens is 214 g/mol. The van der Waals surface area contributed by atoms with E-state index in [2.05, 4.69) is 11.4 Å². The zero-order valence-electron chi connectivity index (χ0n) is 10.4. The first kappa shape index (κ1) is 12.6. The summed E-state index contributed by atoms with van der Waals surface area (Å²) < 4.78 is 5.52. The normalized spacial score (nSPS) is 23.4. The van der Waals surface area contributed by atoms with Gasteiger partial charge in [0.25, 0.3) is 0 Å². The number of aliphatic hydroxyl groups excluding tert-OH is 1. The average Bonchev–Trinajstić information content (AvgIpc) is 2.32. The molecule has 0 aliphatic heterocycles. The van der Waals surface area contributed by atoms with E-state index in [1.54, 1.807) is 0 Å². The number of aliphatic hydroxyl groups is 1. The molecule has 1 saturated carbocycles. The Hall–Kier alpha value is -0.900. The van der Waals surface area contributed by atoms with E-state index in [9.17, 15) is 0 Å². The highest BCUT2D eigenvalue weighted by Gasteiger charge is 2.28. The molecule has 2 rings (SSSR count). The van der Waals surface area contributed by atoms with Gasteiger partial charge in [-0.3, -0.25) is 0 Å². The molecule has 0 aromatic heterocycles. The van der Waals surface area contributed by atoms with Crippen LogP contribution in [0.3, 0.4) is 0 Å². The third-order valence-corrected chi connectivity index (χ3v) is 3.27. The molecule has 2 N–H and O–H groups in total. The summed E-state index contributed by atoms with van der Waals surface area (Å²) in [6.07, 6.45) is 2.70. The molecule has 1 fully saturated rings. The molecule has 0 bridgehead atoms. The predicted molar refractivity (Wildman–Crippen MR) is 67.6 cm³/mol. The zero-order chi connectivity index (χ0) is 12.1. The lowest BCUT2D eigenvalue weighted by molar-refractivity contribution is -0.0102. The average molecular weight is 235 g/mol. The van der Waals surface area contributed by atoms with E-state index < -0.39 is 0 Å². The van der Waals surface area contributed by atoms with Crippen molar-refractivity contribution in [1.29, 1.82) is 0 Å². The summed E-state index contributed by atoms with van der Waals surface area (Å²) in [6, 6.07) is 8.66. The van der Waals surface area contributed by atoms with Crippen molar-refractivity contribution in [1.82, 2.24) is 5.32 Å². The van der Waals surface area contributed by atoms with E-state index in [0.29, 0.717) is 12.1 Å². The Labute approximate surface area is 103 Å². The lowest BCUT2D eigenvalue weighted by Gasteiger charge is -2.35. The van der Waals surface area contributed by atoms with Crippen LogP contribution < -0.4 is 5.32 Å². The van der Waals surface area contributed by atoms with E-state index in [0.717, 1.165) is 31.6 Å². The third kappa shape index (κ3) is 3.53. The molecule has 1 aromatic rings. The molecule has 0 spiro atoms. The molecule has 1 aromatic carbocycles. The summed E-state index contributed by atoms with van der Waals surface area (Å²) in [5, 5.41) is 12.6. The number of hydrogen-bond donors (Lipinski definition) is 2. The fraction of sp³-hybridized carbons (Fsp3) is 0.571. The largest absolute Gasteiger partial charge is 0.392 e. The van der Waals surface area contributed by atoms with Crippen LogP contribution in [0.1, 0.15) is 30.9 Å². The SMILES string of the molecule is CCOC1CC(NCc2cccc(CO)c2)C1. The summed E-state index contributed by atoms with van der Waals surface area (Å²) in [6.45, 7) is 3.85. The fourth-order valence-electron chi connectivity index (χ4n) is 2.20. The van der Waals surface area contributed by atoms with Gasteiger partial charge in [0.2, 0.25) is 0 Å². The van der Waals surface area contributed by atoms with E-state index in [-0.39, 0.29) is 6.61 Å². The lowest BCUT2D eigenvalue weighted by Crippen LogP contribution is -2.45. The minimum atomic E-state index is 0.115. The number of ether oxygens (including phenoxy) is 1. The number of benzene rings is 1. The minimum Gasteiger partial charge on any atom is -0.392 e. The van der Waals surface area contributed by atoms with Crippen molar-refractivity contribution in [2.75, 3.05) is 6.61 Å². The maximum absolute atomic E-state index is 9.05. The first-order valence-electron chi connectivity index (χ1n) is 6.35. The smallest absolute Gasteiger partial charge is 0.0681 e. The molecule has 1 aliphatic carbocycles. The molecule has 1 aliphatic rings. The van der Waals surface area contributed by atoms with Crippen LogP contribution in [0, 0.1) is 0 Å². The minimum absolute atomic E-state index is 0.115. The van der Waals surface area contributed by atoms with Gasteiger partial charge >= 0.3 is 0 Å². The molecule has 0 saturated heterocycles. The second-order valence-corrected chi connectivity index (χ2v) is 4.60. The highest BCUT2D eigenvalue weighted by atomic mass is 16.5. The van der Waals surface area contributed by atoms with Gasteiger partial charge in [-0.1, -0.05) is 24.3 Å². The number of hydrogen-bond acceptors (Lipinski definition) is 3. The second kappa shape index (κ2) is 6.15.